The number of benzene rings is 3. The number of imidazole rings is 2. The third-order valence-corrected chi connectivity index (χ3v) is 12.7. The Balaban J connectivity index is 0.000000248. The monoisotopic (exact) mass is 1390 g/mol. The number of aryl methyl sites for hydroxylation is 4. The second-order valence-electron chi connectivity index (χ2n) is 17.9. The molecule has 25 nitrogen and oxygen atoms in total. The average Bonchev–Trinajstić information content (AvgIpc) is 2.33. The van der Waals surface area contributed by atoms with Gasteiger partial charge in [-0.1, -0.05) is 86.9 Å². The van der Waals surface area contributed by atoms with Crippen molar-refractivity contribution in [2.45, 2.75) is 87.4 Å². The number of nitrogens with one attached hydrogen (secondary N) is 3. The van der Waals surface area contributed by atoms with Crippen molar-refractivity contribution in [2.75, 3.05) is 20.4 Å². The standard InChI is InChI=1S/C18H16ClN5O3.C15H13Cl2N3O3.C8H9NO2.C7H6Cl2N2O2.C5H4Cl2N2.C3H4N2.3CH4/c19-16-8-13(22-18(23-16)24-6-5-20-10-24)2-4-17(25)21-9-12-1-3-14-15(7-12)27-11-26-14;16-13-6-10(19-15(17)20-13)2-4-14(21)18-7-9-1-3-11-12(5-9)23-8-22-11;9-4-6-1-2-7-8(3-6)11-5-10-7;8-5-3-4(1-2-6(12)13)10-7(9)11-5;1-3-2-4(6)9-5(7)8-3;1-2-5-3-4-1;;;/h1,3,5-8,10H,2,4,9,11H2,(H,21,25);1,3,5-6H,2,4,7-8H2,(H,18,21);1-3H,4-5,9H2;3H,1-2H2,(H,12,13);2H,1H3;1-3H,(H,4,5);3*1H4. The number of amides is 2. The highest BCUT2D eigenvalue weighted by Crippen LogP contribution is 2.34. The summed E-state index contributed by atoms with van der Waals surface area (Å²) < 4.78 is 33.1. The van der Waals surface area contributed by atoms with E-state index in [2.05, 4.69) is 65.5 Å². The van der Waals surface area contributed by atoms with Crippen molar-refractivity contribution in [3.8, 4) is 40.4 Å². The Bertz CT molecular complexity index is 3640. The Kier molecular flexibility index (Phi) is 32.2. The van der Waals surface area contributed by atoms with Crippen LogP contribution < -0.4 is 44.8 Å². The minimum absolute atomic E-state index is 0. The summed E-state index contributed by atoms with van der Waals surface area (Å²) >= 11 is 39.6. The summed E-state index contributed by atoms with van der Waals surface area (Å²) in [5.41, 5.74) is 11.0. The number of rotatable bonds is 15. The minimum Gasteiger partial charge on any atom is -0.481 e. The third kappa shape index (κ3) is 26.5. The van der Waals surface area contributed by atoms with Gasteiger partial charge in [0.05, 0.1) is 12.7 Å². The van der Waals surface area contributed by atoms with Crippen LogP contribution in [0.3, 0.4) is 0 Å². The average molecular weight is 1390 g/mol. The lowest BCUT2D eigenvalue weighted by molar-refractivity contribution is -0.137. The molecule has 0 radical (unpaired) electrons. The van der Waals surface area contributed by atoms with E-state index >= 15 is 0 Å². The summed E-state index contributed by atoms with van der Waals surface area (Å²) in [6, 6.07) is 23.3. The summed E-state index contributed by atoms with van der Waals surface area (Å²) in [6.45, 7) is 3.96. The van der Waals surface area contributed by atoms with Crippen LogP contribution in [0.25, 0.3) is 5.95 Å². The van der Waals surface area contributed by atoms with E-state index in [4.69, 9.17) is 120 Å². The van der Waals surface area contributed by atoms with Crippen LogP contribution in [-0.2, 0) is 53.3 Å². The molecular weight excluding hydrogens is 1330 g/mol. The lowest BCUT2D eigenvalue weighted by Gasteiger charge is -2.07. The predicted octanol–water partition coefficient (Wildman–Crippen LogP) is 12.1. The molecule has 2 amide bonds. The number of aliphatic carboxylic acids is 1. The highest BCUT2D eigenvalue weighted by molar-refractivity contribution is 6.32. The summed E-state index contributed by atoms with van der Waals surface area (Å²) in [5.74, 6) is 3.82. The fraction of sp³-hybridized carbons (Fsp3) is 0.271. The van der Waals surface area contributed by atoms with Crippen LogP contribution in [0.15, 0.2) is 116 Å². The van der Waals surface area contributed by atoms with E-state index in [0.717, 1.165) is 45.4 Å². The van der Waals surface area contributed by atoms with Gasteiger partial charge in [-0.2, -0.15) is 0 Å². The van der Waals surface area contributed by atoms with E-state index in [1.165, 1.54) is 6.07 Å². The maximum Gasteiger partial charge on any atom is 0.303 e. The Labute approximate surface area is 559 Å². The van der Waals surface area contributed by atoms with E-state index in [1.807, 2.05) is 54.6 Å². The molecule has 0 saturated heterocycles. The number of carbonyl (C=O) groups excluding carboxylic acids is 2. The molecule has 9 heterocycles. The van der Waals surface area contributed by atoms with Crippen LogP contribution in [0.1, 0.15) is 81.0 Å². The van der Waals surface area contributed by atoms with Gasteiger partial charge in [-0.25, -0.2) is 49.8 Å². The molecule has 32 heteroatoms. The first kappa shape index (κ1) is 75.1. The van der Waals surface area contributed by atoms with Crippen molar-refractivity contribution in [3.05, 3.63) is 192 Å². The van der Waals surface area contributed by atoms with Gasteiger partial charge in [0.1, 0.15) is 26.9 Å². The Morgan fingerprint density at radius 3 is 1.35 bits per heavy atom. The highest BCUT2D eigenvalue weighted by atomic mass is 35.5. The van der Waals surface area contributed by atoms with Crippen molar-refractivity contribution in [3.63, 3.8) is 0 Å². The van der Waals surface area contributed by atoms with Crippen LogP contribution >= 0.6 is 81.2 Å². The lowest BCUT2D eigenvalue weighted by Crippen LogP contribution is -2.23. The van der Waals surface area contributed by atoms with Gasteiger partial charge < -0.3 is 54.9 Å². The number of hydrogen-bond acceptors (Lipinski definition) is 20. The number of nitrogens with zero attached hydrogens (tertiary/aromatic N) is 11. The summed E-state index contributed by atoms with van der Waals surface area (Å²) in [7, 11) is 0. The lowest BCUT2D eigenvalue weighted by atomic mass is 10.2. The van der Waals surface area contributed by atoms with Crippen LogP contribution in [0.4, 0.5) is 0 Å². The number of aromatic nitrogens is 12. The smallest absolute Gasteiger partial charge is 0.303 e. The fourth-order valence-corrected chi connectivity index (χ4v) is 8.98. The van der Waals surface area contributed by atoms with Crippen LogP contribution in [0, 0.1) is 6.92 Å². The predicted molar refractivity (Wildman–Crippen MR) is 346 cm³/mol. The summed E-state index contributed by atoms with van der Waals surface area (Å²) in [6.07, 6.45) is 11.8. The number of nitrogens with two attached hydrogens (primary N) is 1. The zero-order chi connectivity index (χ0) is 62.8. The first-order valence-corrected chi connectivity index (χ1v) is 28.7. The summed E-state index contributed by atoms with van der Waals surface area (Å²) in [4.78, 5) is 76.0. The molecule has 0 atom stereocenters. The van der Waals surface area contributed by atoms with Gasteiger partial charge in [0, 0.05) is 86.5 Å². The zero-order valence-electron chi connectivity index (χ0n) is 46.2. The topological polar surface area (TPSA) is 327 Å². The Morgan fingerprint density at radius 1 is 0.527 bits per heavy atom. The van der Waals surface area contributed by atoms with Crippen molar-refractivity contribution in [2.24, 2.45) is 5.73 Å². The van der Waals surface area contributed by atoms with E-state index in [9.17, 15) is 14.4 Å². The van der Waals surface area contributed by atoms with Crippen molar-refractivity contribution in [1.29, 1.82) is 0 Å². The Morgan fingerprint density at radius 2 is 0.956 bits per heavy atom. The molecule has 0 unspecified atom stereocenters. The molecule has 3 aliphatic rings. The quantitative estimate of drug-likeness (QED) is 0.0470. The van der Waals surface area contributed by atoms with E-state index in [1.54, 1.807) is 67.1 Å². The number of carbonyl (C=O) groups is 3. The largest absolute Gasteiger partial charge is 0.481 e. The van der Waals surface area contributed by atoms with Crippen LogP contribution in [0.2, 0.25) is 36.5 Å². The van der Waals surface area contributed by atoms with Crippen molar-refractivity contribution >= 4 is 99.0 Å². The molecule has 0 fully saturated rings. The summed E-state index contributed by atoms with van der Waals surface area (Å²) in [5, 5.41) is 15.6. The maximum atomic E-state index is 12.2. The second-order valence-corrected chi connectivity index (χ2v) is 20.5. The Hall–Kier alpha value is -8.40. The van der Waals surface area contributed by atoms with Crippen molar-refractivity contribution in [1.82, 2.24) is 70.0 Å². The number of aromatic amines is 1. The fourth-order valence-electron chi connectivity index (χ4n) is 7.37. The second kappa shape index (κ2) is 39.0. The highest BCUT2D eigenvalue weighted by Gasteiger charge is 2.17. The molecule has 9 aromatic rings. The normalized spacial score (nSPS) is 11.2. The first-order valence-electron chi connectivity index (χ1n) is 26.0. The molecule has 12 rings (SSSR count). The minimum atomic E-state index is -0.883. The van der Waals surface area contributed by atoms with Gasteiger partial charge in [-0.15, -0.1) is 0 Å². The van der Waals surface area contributed by atoms with Gasteiger partial charge in [-0.05, 0) is 132 Å². The van der Waals surface area contributed by atoms with E-state index < -0.39 is 5.97 Å². The molecule has 0 aliphatic carbocycles. The van der Waals surface area contributed by atoms with Crippen LogP contribution in [-0.4, -0.2) is 103 Å². The number of halogens is 7. The molecule has 0 saturated carbocycles. The number of H-pyrrole nitrogens is 1. The molecule has 6 aromatic heterocycles. The number of carboxylic acids is 1. The van der Waals surface area contributed by atoms with Crippen LogP contribution in [0.5, 0.6) is 34.5 Å². The van der Waals surface area contributed by atoms with Crippen molar-refractivity contribution < 1.29 is 47.9 Å². The molecular formula is C59H64Cl7N15O10. The maximum absolute atomic E-state index is 12.2. The van der Waals surface area contributed by atoms with E-state index in [0.29, 0.717) is 96.9 Å². The molecule has 3 aliphatic heterocycles. The van der Waals surface area contributed by atoms with Gasteiger partial charge in [0.2, 0.25) is 54.0 Å². The van der Waals surface area contributed by atoms with Gasteiger partial charge in [-0.3, -0.25) is 19.0 Å². The molecule has 0 bridgehead atoms. The zero-order valence-corrected chi connectivity index (χ0v) is 51.5. The molecule has 6 N–H and O–H groups in total. The first-order chi connectivity index (χ1) is 42.4. The van der Waals surface area contributed by atoms with E-state index in [-0.39, 0.29) is 86.7 Å². The number of ether oxygens (including phenoxy) is 6. The third-order valence-electron chi connectivity index (χ3n) is 11.5. The number of carboxylic acid groups (broad SMARTS) is 1. The number of hydrogen-bond donors (Lipinski definition) is 5. The molecule has 3 aromatic carbocycles. The molecule has 484 valence electrons. The van der Waals surface area contributed by atoms with Gasteiger partial charge >= 0.3 is 5.97 Å². The van der Waals surface area contributed by atoms with Gasteiger partial charge in [0.15, 0.2) is 34.5 Å². The SMILES string of the molecule is C.C.C.Cc1cc(Cl)nc(Cl)n1.NCc1ccc2c(c1)OCO2.O=C(CCc1cc(Cl)nc(-n2ccnc2)n1)NCc1ccc2c(c1)OCO2.O=C(CCc1cc(Cl)nc(Cl)n1)NCc1ccc2c(c1)OCO2.O=C(O)CCc1cc(Cl)nc(Cl)n1.c1c[nH]cn1. The van der Waals surface area contributed by atoms with Gasteiger partial charge in [0.25, 0.3) is 0 Å². The number of fused-ring (bicyclic) bond motifs is 3. The molecule has 0 spiro atoms. The molecule has 91 heavy (non-hydrogen) atoms.